The van der Waals surface area contributed by atoms with Crippen LogP contribution in [-0.2, 0) is 27.4 Å². The van der Waals surface area contributed by atoms with Gasteiger partial charge in [-0.25, -0.2) is 9.78 Å². The minimum absolute atomic E-state index is 0.0955. The Kier molecular flexibility index (Phi) is 10.4. The molecule has 0 bridgehead atoms. The van der Waals surface area contributed by atoms with Gasteiger partial charge in [0.25, 0.3) is 0 Å². The van der Waals surface area contributed by atoms with Crippen molar-refractivity contribution in [1.29, 1.82) is 0 Å². The van der Waals surface area contributed by atoms with Crippen LogP contribution in [0.2, 0.25) is 0 Å². The van der Waals surface area contributed by atoms with Crippen molar-refractivity contribution in [2.45, 2.75) is 46.0 Å². The molecule has 0 fully saturated rings. The van der Waals surface area contributed by atoms with Gasteiger partial charge in [0.2, 0.25) is 0 Å². The Bertz CT molecular complexity index is 1320. The number of allylic oxidation sites excluding steroid dienone is 2. The van der Waals surface area contributed by atoms with Gasteiger partial charge in [-0.2, -0.15) is 13.2 Å². The van der Waals surface area contributed by atoms with E-state index in [4.69, 9.17) is 9.47 Å². The first-order valence-electron chi connectivity index (χ1n) is 12.2. The quantitative estimate of drug-likeness (QED) is 0.163. The monoisotopic (exact) mass is 558 g/mol. The molecule has 206 valence electrons. The lowest BCUT2D eigenvalue weighted by Crippen LogP contribution is -2.39. The lowest BCUT2D eigenvalue weighted by atomic mass is 10.1. The molecule has 0 aliphatic carbocycles. The molecule has 2 aromatic carbocycles. The fraction of sp³-hybridized carbons (Fsp3) is 0.276. The van der Waals surface area contributed by atoms with Crippen molar-refractivity contribution < 1.29 is 32.2 Å². The summed E-state index contributed by atoms with van der Waals surface area (Å²) in [5.41, 5.74) is 3.32. The zero-order chi connectivity index (χ0) is 28.4. The second kappa shape index (κ2) is 13.7. The van der Waals surface area contributed by atoms with Crippen molar-refractivity contribution in [3.63, 3.8) is 0 Å². The highest BCUT2D eigenvalue weighted by Crippen LogP contribution is 2.27. The number of esters is 1. The van der Waals surface area contributed by atoms with Crippen LogP contribution in [-0.4, -0.2) is 29.6 Å². The molecule has 0 aliphatic heterocycles. The summed E-state index contributed by atoms with van der Waals surface area (Å²) in [6.07, 6.45) is -1.59. The normalized spacial score (nSPS) is 13.1. The molecule has 0 aliphatic rings. The van der Waals surface area contributed by atoms with Gasteiger partial charge in [0.1, 0.15) is 17.4 Å². The lowest BCUT2D eigenvalue weighted by molar-refractivity contribution is -0.174. The molecule has 1 N–H and O–H groups in total. The number of benzene rings is 2. The molecule has 1 aromatic heterocycles. The maximum absolute atomic E-state index is 13.1. The van der Waals surface area contributed by atoms with Gasteiger partial charge >= 0.3 is 18.1 Å². The number of alkyl halides is 3. The number of nitrogens with one attached hydrogen (secondary N) is 1. The molecule has 1 amide bonds. The fourth-order valence-corrected chi connectivity index (χ4v) is 4.41. The van der Waals surface area contributed by atoms with Crippen molar-refractivity contribution in [1.82, 2.24) is 10.3 Å². The topological polar surface area (TPSA) is 77.5 Å². The largest absolute Gasteiger partial charge is 0.489 e. The third-order valence-corrected chi connectivity index (χ3v) is 6.41. The van der Waals surface area contributed by atoms with Gasteiger partial charge in [0.05, 0.1) is 18.3 Å². The van der Waals surface area contributed by atoms with Crippen LogP contribution in [0.4, 0.5) is 13.2 Å². The highest BCUT2D eigenvalue weighted by molar-refractivity contribution is 7.09. The van der Waals surface area contributed by atoms with Crippen LogP contribution in [0.15, 0.2) is 77.2 Å². The maximum atomic E-state index is 13.1. The van der Waals surface area contributed by atoms with E-state index in [9.17, 15) is 22.8 Å². The zero-order valence-corrected chi connectivity index (χ0v) is 22.6. The minimum Gasteiger partial charge on any atom is -0.489 e. The zero-order valence-electron chi connectivity index (χ0n) is 21.7. The number of thiazole rings is 1. The van der Waals surface area contributed by atoms with Crippen molar-refractivity contribution in [2.75, 3.05) is 6.61 Å². The van der Waals surface area contributed by atoms with Gasteiger partial charge in [-0.1, -0.05) is 42.5 Å². The number of aromatic nitrogens is 1. The predicted molar refractivity (Wildman–Crippen MR) is 144 cm³/mol. The highest BCUT2D eigenvalue weighted by Gasteiger charge is 2.40. The summed E-state index contributed by atoms with van der Waals surface area (Å²) in [5.74, 6) is -1.86. The van der Waals surface area contributed by atoms with Crippen LogP contribution in [0.5, 0.6) is 5.75 Å². The van der Waals surface area contributed by atoms with Crippen molar-refractivity contribution in [2.24, 2.45) is 0 Å². The van der Waals surface area contributed by atoms with Gasteiger partial charge in [0, 0.05) is 11.0 Å². The van der Waals surface area contributed by atoms with E-state index < -0.39 is 24.1 Å². The minimum atomic E-state index is -5.03. The number of nitrogens with zero attached hydrogens (tertiary/aromatic N) is 1. The van der Waals surface area contributed by atoms with Crippen LogP contribution in [0.1, 0.15) is 48.6 Å². The number of ether oxygens (including phenoxy) is 2. The summed E-state index contributed by atoms with van der Waals surface area (Å²) in [5, 5.41) is 4.07. The number of hydrogen-bond donors (Lipinski definition) is 1. The third-order valence-electron chi connectivity index (χ3n) is 5.43. The molecule has 3 aromatic rings. The fourth-order valence-electron chi connectivity index (χ4n) is 3.59. The SMILES string of the molecule is CCOC(=O)/C(C)=C\C(C)=C\c1csc([C@H](Cc2ccc(OCc3ccccc3)cc2)NC(=O)C(F)(F)F)n1. The standard InChI is InChI=1S/C29H29F3N2O4S/c1-4-37-27(35)20(3)14-19(2)15-23-18-39-26(33-23)25(34-28(36)29(30,31)32)16-21-10-12-24(13-11-21)38-17-22-8-6-5-7-9-22/h5-15,18,25H,4,16-17H2,1-3H3,(H,34,36)/b19-15+,20-14-/t25-/m0/s1. The van der Waals surface area contributed by atoms with Crippen LogP contribution < -0.4 is 10.1 Å². The number of amides is 1. The van der Waals surface area contributed by atoms with E-state index in [2.05, 4.69) is 10.3 Å². The Morgan fingerprint density at radius 3 is 2.38 bits per heavy atom. The molecular weight excluding hydrogens is 529 g/mol. The van der Waals surface area contributed by atoms with Crippen molar-refractivity contribution in [3.05, 3.63) is 99.0 Å². The first-order valence-corrected chi connectivity index (χ1v) is 13.1. The van der Waals surface area contributed by atoms with Gasteiger partial charge in [-0.15, -0.1) is 11.3 Å². The van der Waals surface area contributed by atoms with Crippen LogP contribution in [0, 0.1) is 0 Å². The predicted octanol–water partition coefficient (Wildman–Crippen LogP) is 6.60. The molecule has 6 nitrogen and oxygen atoms in total. The van der Waals surface area contributed by atoms with E-state index in [0.29, 0.717) is 39.8 Å². The second-order valence-electron chi connectivity index (χ2n) is 8.69. The van der Waals surface area contributed by atoms with E-state index in [1.807, 2.05) is 30.3 Å². The average molecular weight is 559 g/mol. The summed E-state index contributed by atoms with van der Waals surface area (Å²) in [4.78, 5) is 28.1. The Morgan fingerprint density at radius 1 is 1.05 bits per heavy atom. The number of rotatable bonds is 11. The molecule has 1 atom stereocenters. The van der Waals surface area contributed by atoms with E-state index in [-0.39, 0.29) is 13.0 Å². The lowest BCUT2D eigenvalue weighted by Gasteiger charge is -2.18. The Morgan fingerprint density at radius 2 is 1.74 bits per heavy atom. The number of halogens is 3. The first kappa shape index (κ1) is 29.6. The summed E-state index contributed by atoms with van der Waals surface area (Å²) in [6, 6.07) is 15.6. The van der Waals surface area contributed by atoms with Gasteiger partial charge < -0.3 is 14.8 Å². The second-order valence-corrected chi connectivity index (χ2v) is 9.58. The van der Waals surface area contributed by atoms with Crippen LogP contribution in [0.3, 0.4) is 0 Å². The number of carbonyl (C=O) groups excluding carboxylic acids is 2. The van der Waals surface area contributed by atoms with Crippen LogP contribution in [0.25, 0.3) is 6.08 Å². The molecule has 3 rings (SSSR count). The number of carbonyl (C=O) groups is 2. The van der Waals surface area contributed by atoms with E-state index in [0.717, 1.165) is 16.9 Å². The van der Waals surface area contributed by atoms with Crippen molar-refractivity contribution >= 4 is 29.3 Å². The van der Waals surface area contributed by atoms with Crippen molar-refractivity contribution in [3.8, 4) is 5.75 Å². The maximum Gasteiger partial charge on any atom is 0.471 e. The summed E-state index contributed by atoms with van der Waals surface area (Å²) < 4.78 is 49.9. The summed E-state index contributed by atoms with van der Waals surface area (Å²) in [6.45, 7) is 5.76. The van der Waals surface area contributed by atoms with Crippen LogP contribution >= 0.6 is 11.3 Å². The Hall–Kier alpha value is -3.92. The summed E-state index contributed by atoms with van der Waals surface area (Å²) in [7, 11) is 0. The van der Waals surface area contributed by atoms with E-state index in [1.165, 1.54) is 0 Å². The summed E-state index contributed by atoms with van der Waals surface area (Å²) >= 11 is 1.14. The molecule has 0 saturated carbocycles. The van der Waals surface area contributed by atoms with Gasteiger partial charge in [0.15, 0.2) is 0 Å². The first-order chi connectivity index (χ1) is 18.5. The van der Waals surface area contributed by atoms with Gasteiger partial charge in [-0.3, -0.25) is 4.79 Å². The molecule has 0 radical (unpaired) electrons. The molecule has 0 saturated heterocycles. The Balaban J connectivity index is 1.75. The molecule has 1 heterocycles. The smallest absolute Gasteiger partial charge is 0.471 e. The number of hydrogen-bond acceptors (Lipinski definition) is 6. The van der Waals surface area contributed by atoms with E-state index >= 15 is 0 Å². The van der Waals surface area contributed by atoms with Gasteiger partial charge in [-0.05, 0) is 68.2 Å². The molecule has 39 heavy (non-hydrogen) atoms. The molecular formula is C29H29F3N2O4S. The average Bonchev–Trinajstić information content (AvgIpc) is 3.36. The van der Waals surface area contributed by atoms with E-state index in [1.54, 1.807) is 62.6 Å². The third kappa shape index (κ3) is 9.40. The molecule has 0 spiro atoms. The molecule has 0 unspecified atom stereocenters. The molecule has 10 heteroatoms. The highest BCUT2D eigenvalue weighted by atomic mass is 32.1. The Labute approximate surface area is 229 Å².